The minimum Gasteiger partial charge on any atom is -0.466 e. The molecule has 29 heavy (non-hydrogen) atoms. The molecule has 6 nitrogen and oxygen atoms in total. The molecule has 2 aromatic rings. The number of hydrogen-bond donors (Lipinski definition) is 3. The normalized spacial score (nSPS) is 18.8. The standard InChI is InChI=1S/C22H30ClN3O3/c1-3-24-20(25-15-21(2,27)19-8-5-11-29-19)26-16-22(9-12-28-13-10-22)17-6-4-7-18(23)14-17/h4-8,11,14,27H,3,9-10,12-13,15-16H2,1-2H3,(H2,24,25,26). The monoisotopic (exact) mass is 419 g/mol. The number of benzene rings is 1. The van der Waals surface area contributed by atoms with Gasteiger partial charge in [0.15, 0.2) is 5.96 Å². The highest BCUT2D eigenvalue weighted by Gasteiger charge is 2.35. The summed E-state index contributed by atoms with van der Waals surface area (Å²) in [4.78, 5) is 4.59. The molecular weight excluding hydrogens is 390 g/mol. The van der Waals surface area contributed by atoms with Crippen LogP contribution in [0, 0.1) is 0 Å². The average Bonchev–Trinajstić information content (AvgIpc) is 3.27. The maximum atomic E-state index is 10.7. The smallest absolute Gasteiger partial charge is 0.191 e. The van der Waals surface area contributed by atoms with Gasteiger partial charge in [-0.05, 0) is 56.5 Å². The molecule has 1 aromatic carbocycles. The van der Waals surface area contributed by atoms with E-state index in [1.807, 2.05) is 25.1 Å². The summed E-state index contributed by atoms with van der Waals surface area (Å²) in [5.74, 6) is 1.16. The summed E-state index contributed by atoms with van der Waals surface area (Å²) in [5.41, 5.74) is -0.0443. The molecule has 2 heterocycles. The molecule has 1 aliphatic heterocycles. The molecule has 1 aliphatic rings. The van der Waals surface area contributed by atoms with E-state index < -0.39 is 5.60 Å². The van der Waals surface area contributed by atoms with Gasteiger partial charge in [0.25, 0.3) is 0 Å². The van der Waals surface area contributed by atoms with E-state index in [2.05, 4.69) is 21.7 Å². The second-order valence-electron chi connectivity index (χ2n) is 7.70. The molecule has 3 rings (SSSR count). The van der Waals surface area contributed by atoms with Crippen molar-refractivity contribution in [2.45, 2.75) is 37.7 Å². The Morgan fingerprint density at radius 3 is 2.69 bits per heavy atom. The zero-order valence-electron chi connectivity index (χ0n) is 17.1. The lowest BCUT2D eigenvalue weighted by Crippen LogP contribution is -2.48. The maximum absolute atomic E-state index is 10.7. The lowest BCUT2D eigenvalue weighted by Gasteiger charge is -2.38. The van der Waals surface area contributed by atoms with Crippen molar-refractivity contribution in [1.82, 2.24) is 10.6 Å². The minimum absolute atomic E-state index is 0.0805. The Hall–Kier alpha value is -2.02. The zero-order chi connectivity index (χ0) is 20.7. The van der Waals surface area contributed by atoms with Crippen LogP contribution in [0.1, 0.15) is 38.0 Å². The van der Waals surface area contributed by atoms with Crippen molar-refractivity contribution in [1.29, 1.82) is 0 Å². The molecule has 0 amide bonds. The number of ether oxygens (including phenoxy) is 1. The maximum Gasteiger partial charge on any atom is 0.191 e. The van der Waals surface area contributed by atoms with Crippen LogP contribution < -0.4 is 10.6 Å². The highest BCUT2D eigenvalue weighted by molar-refractivity contribution is 6.30. The summed E-state index contributed by atoms with van der Waals surface area (Å²) < 4.78 is 11.0. The van der Waals surface area contributed by atoms with Gasteiger partial charge in [0.05, 0.1) is 12.8 Å². The van der Waals surface area contributed by atoms with E-state index in [0.717, 1.165) is 37.6 Å². The van der Waals surface area contributed by atoms with E-state index in [4.69, 9.17) is 20.8 Å². The van der Waals surface area contributed by atoms with Crippen LogP contribution in [0.15, 0.2) is 52.1 Å². The Morgan fingerprint density at radius 1 is 1.24 bits per heavy atom. The summed E-state index contributed by atoms with van der Waals surface area (Å²) in [6.07, 6.45) is 3.37. The summed E-state index contributed by atoms with van der Waals surface area (Å²) in [5, 5.41) is 18.1. The van der Waals surface area contributed by atoms with Crippen LogP contribution in [0.2, 0.25) is 5.02 Å². The summed E-state index contributed by atoms with van der Waals surface area (Å²) in [6, 6.07) is 11.6. The number of guanidine groups is 1. The molecule has 3 N–H and O–H groups in total. The van der Waals surface area contributed by atoms with Crippen molar-refractivity contribution in [3.05, 3.63) is 59.0 Å². The van der Waals surface area contributed by atoms with Crippen molar-refractivity contribution >= 4 is 17.6 Å². The molecule has 0 spiro atoms. The van der Waals surface area contributed by atoms with Gasteiger partial charge in [0, 0.05) is 36.7 Å². The van der Waals surface area contributed by atoms with E-state index in [9.17, 15) is 5.11 Å². The van der Waals surface area contributed by atoms with Gasteiger partial charge in [-0.3, -0.25) is 0 Å². The first kappa shape index (κ1) is 21.7. The largest absolute Gasteiger partial charge is 0.466 e. The minimum atomic E-state index is -1.17. The molecule has 158 valence electrons. The van der Waals surface area contributed by atoms with Crippen LogP contribution >= 0.6 is 11.6 Å². The lowest BCUT2D eigenvalue weighted by atomic mass is 9.74. The number of aliphatic hydroxyl groups is 1. The van der Waals surface area contributed by atoms with Crippen molar-refractivity contribution in [3.63, 3.8) is 0 Å². The third-order valence-electron chi connectivity index (χ3n) is 5.42. The average molecular weight is 420 g/mol. The second-order valence-corrected chi connectivity index (χ2v) is 8.14. The number of rotatable bonds is 7. The number of hydrogen-bond acceptors (Lipinski definition) is 4. The van der Waals surface area contributed by atoms with Crippen molar-refractivity contribution < 1.29 is 14.3 Å². The van der Waals surface area contributed by atoms with Gasteiger partial charge in [-0.1, -0.05) is 23.7 Å². The zero-order valence-corrected chi connectivity index (χ0v) is 17.8. The Labute approximate surface area is 177 Å². The van der Waals surface area contributed by atoms with Crippen molar-refractivity contribution in [2.24, 2.45) is 4.99 Å². The number of nitrogens with zero attached hydrogens (tertiary/aromatic N) is 1. The van der Waals surface area contributed by atoms with E-state index in [0.29, 0.717) is 18.3 Å². The van der Waals surface area contributed by atoms with Crippen LogP contribution in [-0.2, 0) is 15.8 Å². The van der Waals surface area contributed by atoms with Gasteiger partial charge >= 0.3 is 0 Å². The molecular formula is C22H30ClN3O3. The van der Waals surface area contributed by atoms with Gasteiger partial charge in [0.1, 0.15) is 11.4 Å². The number of aliphatic imine (C=N–C) groups is 1. The van der Waals surface area contributed by atoms with Gasteiger partial charge in [0.2, 0.25) is 0 Å². The highest BCUT2D eigenvalue weighted by atomic mass is 35.5. The second kappa shape index (κ2) is 9.65. The molecule has 1 atom stereocenters. The third kappa shape index (κ3) is 5.53. The van der Waals surface area contributed by atoms with Crippen LogP contribution in [-0.4, -0.2) is 43.9 Å². The lowest BCUT2D eigenvalue weighted by molar-refractivity contribution is 0.0435. The molecule has 0 bridgehead atoms. The molecule has 1 aromatic heterocycles. The van der Waals surface area contributed by atoms with Crippen LogP contribution in [0.3, 0.4) is 0 Å². The SMILES string of the molecule is CCNC(=NCC(C)(O)c1ccco1)NCC1(c2cccc(Cl)c2)CCOCC1. The first-order valence-electron chi connectivity index (χ1n) is 10.1. The number of halogens is 1. The Balaban J connectivity index is 1.75. The number of nitrogens with one attached hydrogen (secondary N) is 2. The van der Waals surface area contributed by atoms with E-state index in [1.54, 1.807) is 25.3 Å². The molecule has 1 unspecified atom stereocenters. The molecule has 1 fully saturated rings. The summed E-state index contributed by atoms with van der Waals surface area (Å²) in [6.45, 7) is 6.76. The van der Waals surface area contributed by atoms with Gasteiger partial charge < -0.3 is 24.9 Å². The van der Waals surface area contributed by atoms with Crippen LogP contribution in [0.25, 0.3) is 0 Å². The van der Waals surface area contributed by atoms with Crippen LogP contribution in [0.5, 0.6) is 0 Å². The first-order valence-corrected chi connectivity index (χ1v) is 10.5. The fraction of sp³-hybridized carbons (Fsp3) is 0.500. The molecule has 7 heteroatoms. The van der Waals surface area contributed by atoms with Gasteiger partial charge in [-0.15, -0.1) is 0 Å². The molecule has 0 radical (unpaired) electrons. The quantitative estimate of drug-likeness (QED) is 0.473. The fourth-order valence-electron chi connectivity index (χ4n) is 3.64. The topological polar surface area (TPSA) is 79.0 Å². The Morgan fingerprint density at radius 2 is 2.03 bits per heavy atom. The predicted molar refractivity (Wildman–Crippen MR) is 115 cm³/mol. The Bertz CT molecular complexity index is 799. The van der Waals surface area contributed by atoms with Crippen LogP contribution in [0.4, 0.5) is 0 Å². The third-order valence-corrected chi connectivity index (χ3v) is 5.66. The summed E-state index contributed by atoms with van der Waals surface area (Å²) >= 11 is 6.26. The first-order chi connectivity index (χ1) is 14.0. The van der Waals surface area contributed by atoms with Crippen molar-refractivity contribution in [2.75, 3.05) is 32.8 Å². The van der Waals surface area contributed by atoms with E-state index >= 15 is 0 Å². The Kier molecular flexibility index (Phi) is 7.22. The highest BCUT2D eigenvalue weighted by Crippen LogP contribution is 2.35. The van der Waals surface area contributed by atoms with Gasteiger partial charge in [-0.25, -0.2) is 4.99 Å². The number of furan rings is 1. The molecule has 1 saturated heterocycles. The van der Waals surface area contributed by atoms with E-state index in [-0.39, 0.29) is 12.0 Å². The fourth-order valence-corrected chi connectivity index (χ4v) is 3.83. The predicted octanol–water partition coefficient (Wildman–Crippen LogP) is 3.44. The molecule has 0 aliphatic carbocycles. The van der Waals surface area contributed by atoms with E-state index in [1.165, 1.54) is 5.56 Å². The summed E-state index contributed by atoms with van der Waals surface area (Å²) in [7, 11) is 0. The van der Waals surface area contributed by atoms with Gasteiger partial charge in [-0.2, -0.15) is 0 Å². The molecule has 0 saturated carbocycles. The van der Waals surface area contributed by atoms with Crippen molar-refractivity contribution in [3.8, 4) is 0 Å².